The van der Waals surface area contributed by atoms with Gasteiger partial charge >= 0.3 is 0 Å². The van der Waals surface area contributed by atoms with E-state index in [1.54, 1.807) is 0 Å². The maximum atomic E-state index is 10.8. The van der Waals surface area contributed by atoms with Crippen molar-refractivity contribution in [3.8, 4) is 0 Å². The first kappa shape index (κ1) is 9.41. The predicted molar refractivity (Wildman–Crippen MR) is 44.0 cm³/mol. The standard InChI is InChI=1S/C5H15O2PSi/c1-8(6,7)5-9(2,3)4/h5H2,1-4H3,(H,6,7). The molecule has 0 rings (SSSR count). The highest BCUT2D eigenvalue weighted by Crippen LogP contribution is 2.37. The Morgan fingerprint density at radius 2 is 1.78 bits per heavy atom. The lowest BCUT2D eigenvalue weighted by Crippen LogP contribution is -2.25. The molecule has 0 aromatic rings. The summed E-state index contributed by atoms with van der Waals surface area (Å²) in [5.74, 6) is 0.542. The summed E-state index contributed by atoms with van der Waals surface area (Å²) in [6.45, 7) is 7.73. The van der Waals surface area contributed by atoms with Crippen molar-refractivity contribution in [1.29, 1.82) is 0 Å². The molecule has 2 nitrogen and oxygen atoms in total. The Bertz CT molecular complexity index is 132. The van der Waals surface area contributed by atoms with Crippen LogP contribution in [0.15, 0.2) is 0 Å². The van der Waals surface area contributed by atoms with Gasteiger partial charge in [-0.1, -0.05) is 19.6 Å². The van der Waals surface area contributed by atoms with E-state index in [1.807, 2.05) is 0 Å². The van der Waals surface area contributed by atoms with Crippen LogP contribution in [0.1, 0.15) is 0 Å². The number of rotatable bonds is 2. The summed E-state index contributed by atoms with van der Waals surface area (Å²) < 4.78 is 10.8. The highest BCUT2D eigenvalue weighted by molar-refractivity contribution is 7.60. The van der Waals surface area contributed by atoms with Crippen molar-refractivity contribution in [1.82, 2.24) is 0 Å². The van der Waals surface area contributed by atoms with E-state index in [2.05, 4.69) is 19.6 Å². The van der Waals surface area contributed by atoms with E-state index in [0.717, 1.165) is 0 Å². The van der Waals surface area contributed by atoms with Gasteiger partial charge in [0.05, 0.1) is 8.07 Å². The Hall–Kier alpha value is 0.407. The molecule has 0 aromatic carbocycles. The maximum absolute atomic E-state index is 10.8. The molecule has 0 saturated carbocycles. The molecule has 0 fully saturated rings. The Balaban J connectivity index is 3.90. The molecular formula is C5H15O2PSi. The fourth-order valence-electron chi connectivity index (χ4n) is 0.880. The van der Waals surface area contributed by atoms with Crippen LogP contribution in [0.3, 0.4) is 0 Å². The minimum Gasteiger partial charge on any atom is -0.345 e. The largest absolute Gasteiger partial charge is 0.345 e. The topological polar surface area (TPSA) is 37.3 Å². The van der Waals surface area contributed by atoms with Crippen LogP contribution in [0.25, 0.3) is 0 Å². The Kier molecular flexibility index (Phi) is 2.68. The van der Waals surface area contributed by atoms with Crippen molar-refractivity contribution in [3.63, 3.8) is 0 Å². The van der Waals surface area contributed by atoms with Gasteiger partial charge in [0.2, 0.25) is 0 Å². The molecule has 9 heavy (non-hydrogen) atoms. The number of hydrogen-bond donors (Lipinski definition) is 1. The van der Waals surface area contributed by atoms with Crippen LogP contribution in [0.4, 0.5) is 0 Å². The first-order valence-electron chi connectivity index (χ1n) is 3.00. The van der Waals surface area contributed by atoms with E-state index in [4.69, 9.17) is 4.89 Å². The predicted octanol–water partition coefficient (Wildman–Crippen LogP) is 1.76. The summed E-state index contributed by atoms with van der Waals surface area (Å²) in [5, 5.41) is 0. The maximum Gasteiger partial charge on any atom is 0.195 e. The average Bonchev–Trinajstić information content (AvgIpc) is 1.14. The molecule has 0 radical (unpaired) electrons. The summed E-state index contributed by atoms with van der Waals surface area (Å²) >= 11 is 0. The van der Waals surface area contributed by atoms with Crippen molar-refractivity contribution >= 4 is 15.4 Å². The quantitative estimate of drug-likeness (QED) is 0.501. The molecule has 0 aliphatic heterocycles. The molecule has 0 aromatic heterocycles. The van der Waals surface area contributed by atoms with Gasteiger partial charge in [0.15, 0.2) is 7.37 Å². The normalized spacial score (nSPS) is 19.2. The summed E-state index contributed by atoms with van der Waals surface area (Å²) in [6.07, 6.45) is 0. The van der Waals surface area contributed by atoms with Gasteiger partial charge in [-0.3, -0.25) is 4.57 Å². The number of hydrogen-bond acceptors (Lipinski definition) is 1. The first-order valence-corrected chi connectivity index (χ1v) is 9.00. The zero-order valence-electron chi connectivity index (χ0n) is 6.51. The fraction of sp³-hybridized carbons (Fsp3) is 1.00. The van der Waals surface area contributed by atoms with Crippen molar-refractivity contribution in [2.24, 2.45) is 0 Å². The van der Waals surface area contributed by atoms with Crippen LogP contribution in [-0.2, 0) is 4.57 Å². The van der Waals surface area contributed by atoms with E-state index in [-0.39, 0.29) is 0 Å². The fourth-order valence-corrected chi connectivity index (χ4v) is 7.92. The molecule has 0 spiro atoms. The second-order valence-corrected chi connectivity index (χ2v) is 12.3. The van der Waals surface area contributed by atoms with Crippen molar-refractivity contribution in [2.45, 2.75) is 19.6 Å². The molecule has 0 heterocycles. The summed E-state index contributed by atoms with van der Waals surface area (Å²) in [4.78, 5) is 8.94. The van der Waals surface area contributed by atoms with Crippen LogP contribution in [0.5, 0.6) is 0 Å². The second kappa shape index (κ2) is 2.57. The van der Waals surface area contributed by atoms with Gasteiger partial charge in [0.1, 0.15) is 0 Å². The Morgan fingerprint density at radius 1 is 1.44 bits per heavy atom. The van der Waals surface area contributed by atoms with Gasteiger partial charge in [-0.2, -0.15) is 0 Å². The lowest BCUT2D eigenvalue weighted by atomic mass is 11.7. The van der Waals surface area contributed by atoms with E-state index < -0.39 is 15.4 Å². The van der Waals surface area contributed by atoms with Crippen LogP contribution in [-0.4, -0.2) is 25.4 Å². The average molecular weight is 166 g/mol. The minimum absolute atomic E-state index is 0.542. The molecule has 0 saturated heterocycles. The van der Waals surface area contributed by atoms with Gasteiger partial charge in [-0.15, -0.1) is 0 Å². The highest BCUT2D eigenvalue weighted by atomic mass is 31.2. The Labute approximate surface area is 57.8 Å². The van der Waals surface area contributed by atoms with Crippen LogP contribution < -0.4 is 0 Å². The zero-order chi connectivity index (χ0) is 7.71. The molecule has 0 aliphatic carbocycles. The molecule has 4 heteroatoms. The molecule has 0 aliphatic rings. The second-order valence-electron chi connectivity index (χ2n) is 3.77. The lowest BCUT2D eigenvalue weighted by molar-refractivity contribution is 0.489. The van der Waals surface area contributed by atoms with E-state index >= 15 is 0 Å². The van der Waals surface area contributed by atoms with Gasteiger partial charge in [-0.05, 0) is 0 Å². The first-order chi connectivity index (χ1) is 3.71. The van der Waals surface area contributed by atoms with E-state index in [0.29, 0.717) is 5.79 Å². The highest BCUT2D eigenvalue weighted by Gasteiger charge is 2.22. The molecule has 1 N–H and O–H groups in total. The molecule has 1 unspecified atom stereocenters. The van der Waals surface area contributed by atoms with Gasteiger partial charge in [-0.25, -0.2) is 0 Å². The van der Waals surface area contributed by atoms with Gasteiger partial charge in [0, 0.05) is 12.5 Å². The van der Waals surface area contributed by atoms with Crippen LogP contribution in [0.2, 0.25) is 19.6 Å². The van der Waals surface area contributed by atoms with Gasteiger partial charge < -0.3 is 4.89 Å². The van der Waals surface area contributed by atoms with Crippen molar-refractivity contribution in [2.75, 3.05) is 12.5 Å². The van der Waals surface area contributed by atoms with E-state index in [9.17, 15) is 4.57 Å². The molecule has 0 amide bonds. The molecule has 0 bridgehead atoms. The zero-order valence-corrected chi connectivity index (χ0v) is 8.40. The summed E-state index contributed by atoms with van der Waals surface area (Å²) in [5.41, 5.74) is 0. The summed E-state index contributed by atoms with van der Waals surface area (Å²) in [6, 6.07) is 0. The third kappa shape index (κ3) is 8.41. The molecular weight excluding hydrogens is 151 g/mol. The SMILES string of the molecule is C[Si](C)(C)CP(C)(=O)O. The van der Waals surface area contributed by atoms with Crippen LogP contribution >= 0.6 is 7.37 Å². The third-order valence-electron chi connectivity index (χ3n) is 0.768. The Morgan fingerprint density at radius 3 is 1.78 bits per heavy atom. The molecule has 1 atom stereocenters. The van der Waals surface area contributed by atoms with Gasteiger partial charge in [0.25, 0.3) is 0 Å². The lowest BCUT2D eigenvalue weighted by Gasteiger charge is -2.16. The molecule has 56 valence electrons. The minimum atomic E-state index is -2.73. The van der Waals surface area contributed by atoms with Crippen molar-refractivity contribution < 1.29 is 9.46 Å². The van der Waals surface area contributed by atoms with Crippen LogP contribution in [0, 0.1) is 0 Å². The summed E-state index contributed by atoms with van der Waals surface area (Å²) in [7, 11) is -4.03. The monoisotopic (exact) mass is 166 g/mol. The van der Waals surface area contributed by atoms with Crippen molar-refractivity contribution in [3.05, 3.63) is 0 Å². The third-order valence-corrected chi connectivity index (χ3v) is 6.91. The smallest absolute Gasteiger partial charge is 0.195 e. The van der Waals surface area contributed by atoms with E-state index in [1.165, 1.54) is 6.66 Å².